The Kier molecular flexibility index (Phi) is 4.49. The first-order valence-electron chi connectivity index (χ1n) is 6.17. The minimum atomic E-state index is -0.326. The van der Waals surface area contributed by atoms with Crippen LogP contribution in [0, 0.1) is 0 Å². The Hall–Kier alpha value is -2.63. The van der Waals surface area contributed by atoms with Gasteiger partial charge in [0.05, 0.1) is 13.2 Å². The SMILES string of the molecule is COc1ncccc1NC(=O)N[C@@H](C)c1cccnc1. The van der Waals surface area contributed by atoms with Crippen molar-refractivity contribution in [2.75, 3.05) is 12.4 Å². The van der Waals surface area contributed by atoms with Gasteiger partial charge in [-0.2, -0.15) is 0 Å². The second kappa shape index (κ2) is 6.51. The van der Waals surface area contributed by atoms with Gasteiger partial charge in [0, 0.05) is 18.6 Å². The monoisotopic (exact) mass is 272 g/mol. The Morgan fingerprint density at radius 3 is 2.80 bits per heavy atom. The highest BCUT2D eigenvalue weighted by molar-refractivity contribution is 5.90. The maximum atomic E-state index is 11.9. The van der Waals surface area contributed by atoms with Crippen molar-refractivity contribution >= 4 is 11.7 Å². The lowest BCUT2D eigenvalue weighted by Gasteiger charge is -2.15. The fourth-order valence-electron chi connectivity index (χ4n) is 1.72. The van der Waals surface area contributed by atoms with Crippen molar-refractivity contribution in [3.8, 4) is 5.88 Å². The summed E-state index contributed by atoms with van der Waals surface area (Å²) in [6.07, 6.45) is 5.01. The maximum Gasteiger partial charge on any atom is 0.319 e. The Labute approximate surface area is 117 Å². The fourth-order valence-corrected chi connectivity index (χ4v) is 1.72. The van der Waals surface area contributed by atoms with Gasteiger partial charge in [0.2, 0.25) is 5.88 Å². The van der Waals surface area contributed by atoms with Gasteiger partial charge in [0.15, 0.2) is 0 Å². The van der Waals surface area contributed by atoms with Crippen molar-refractivity contribution in [2.45, 2.75) is 13.0 Å². The van der Waals surface area contributed by atoms with Crippen LogP contribution in [-0.4, -0.2) is 23.1 Å². The lowest BCUT2D eigenvalue weighted by atomic mass is 10.1. The third-order valence-corrected chi connectivity index (χ3v) is 2.74. The average molecular weight is 272 g/mol. The fraction of sp³-hybridized carbons (Fsp3) is 0.214. The Balaban J connectivity index is 1.99. The minimum absolute atomic E-state index is 0.147. The number of nitrogens with one attached hydrogen (secondary N) is 2. The van der Waals surface area contributed by atoms with Crippen LogP contribution in [0.15, 0.2) is 42.9 Å². The molecule has 0 spiro atoms. The number of carbonyl (C=O) groups excluding carboxylic acids is 1. The second-order valence-electron chi connectivity index (χ2n) is 4.17. The van der Waals surface area contributed by atoms with Crippen LogP contribution < -0.4 is 15.4 Å². The van der Waals surface area contributed by atoms with Gasteiger partial charge < -0.3 is 15.4 Å². The molecule has 0 saturated carbocycles. The highest BCUT2D eigenvalue weighted by atomic mass is 16.5. The second-order valence-corrected chi connectivity index (χ2v) is 4.17. The quantitative estimate of drug-likeness (QED) is 0.895. The number of nitrogens with zero attached hydrogens (tertiary/aromatic N) is 2. The van der Waals surface area contributed by atoms with Crippen molar-refractivity contribution in [3.63, 3.8) is 0 Å². The van der Waals surface area contributed by atoms with E-state index in [4.69, 9.17) is 4.74 Å². The number of rotatable bonds is 4. The first kappa shape index (κ1) is 13.8. The zero-order valence-corrected chi connectivity index (χ0v) is 11.3. The Morgan fingerprint density at radius 1 is 1.30 bits per heavy atom. The van der Waals surface area contributed by atoms with E-state index >= 15 is 0 Å². The molecule has 2 amide bonds. The normalized spacial score (nSPS) is 11.5. The zero-order chi connectivity index (χ0) is 14.4. The smallest absolute Gasteiger partial charge is 0.319 e. The summed E-state index contributed by atoms with van der Waals surface area (Å²) in [5, 5.41) is 5.53. The summed E-state index contributed by atoms with van der Waals surface area (Å²) in [5.41, 5.74) is 1.45. The number of anilines is 1. The molecule has 6 heteroatoms. The first-order chi connectivity index (χ1) is 9.70. The third-order valence-electron chi connectivity index (χ3n) is 2.74. The van der Waals surface area contributed by atoms with E-state index in [1.54, 1.807) is 30.7 Å². The summed E-state index contributed by atoms with van der Waals surface area (Å²) in [7, 11) is 1.50. The molecule has 104 valence electrons. The molecule has 0 unspecified atom stereocenters. The van der Waals surface area contributed by atoms with Crippen LogP contribution in [-0.2, 0) is 0 Å². The number of pyridine rings is 2. The number of hydrogen-bond donors (Lipinski definition) is 2. The van der Waals surface area contributed by atoms with E-state index in [1.807, 2.05) is 19.1 Å². The van der Waals surface area contributed by atoms with Gasteiger partial charge in [-0.15, -0.1) is 0 Å². The molecule has 20 heavy (non-hydrogen) atoms. The topological polar surface area (TPSA) is 76.1 Å². The molecule has 0 radical (unpaired) electrons. The van der Waals surface area contributed by atoms with Crippen molar-refractivity contribution in [1.29, 1.82) is 0 Å². The van der Waals surface area contributed by atoms with Crippen molar-refractivity contribution < 1.29 is 9.53 Å². The summed E-state index contributed by atoms with van der Waals surface area (Å²) in [5.74, 6) is 0.372. The third kappa shape index (κ3) is 3.44. The van der Waals surface area contributed by atoms with E-state index in [9.17, 15) is 4.79 Å². The van der Waals surface area contributed by atoms with Crippen molar-refractivity contribution in [3.05, 3.63) is 48.4 Å². The van der Waals surface area contributed by atoms with Crippen LogP contribution in [0.25, 0.3) is 0 Å². The molecule has 2 rings (SSSR count). The molecule has 0 saturated heterocycles. The number of amides is 2. The molecule has 2 aromatic rings. The van der Waals surface area contributed by atoms with Crippen LogP contribution in [0.5, 0.6) is 5.88 Å². The summed E-state index contributed by atoms with van der Waals surface area (Å²) < 4.78 is 5.07. The average Bonchev–Trinajstić information content (AvgIpc) is 2.48. The van der Waals surface area contributed by atoms with E-state index in [0.29, 0.717) is 11.6 Å². The predicted octanol–water partition coefficient (Wildman–Crippen LogP) is 2.37. The number of aromatic nitrogens is 2. The van der Waals surface area contributed by atoms with E-state index in [0.717, 1.165) is 5.56 Å². The largest absolute Gasteiger partial charge is 0.480 e. The molecule has 0 aliphatic rings. The number of hydrogen-bond acceptors (Lipinski definition) is 4. The minimum Gasteiger partial charge on any atom is -0.480 e. The lowest BCUT2D eigenvalue weighted by molar-refractivity contribution is 0.249. The van der Waals surface area contributed by atoms with E-state index < -0.39 is 0 Å². The molecule has 0 aliphatic carbocycles. The van der Waals surface area contributed by atoms with Gasteiger partial charge >= 0.3 is 6.03 Å². The highest BCUT2D eigenvalue weighted by Crippen LogP contribution is 2.20. The Morgan fingerprint density at radius 2 is 2.10 bits per heavy atom. The number of carbonyl (C=O) groups is 1. The molecule has 1 atom stereocenters. The van der Waals surface area contributed by atoms with E-state index in [1.165, 1.54) is 7.11 Å². The lowest BCUT2D eigenvalue weighted by Crippen LogP contribution is -2.31. The molecule has 0 aromatic carbocycles. The summed E-state index contributed by atoms with van der Waals surface area (Å²) in [6, 6.07) is 6.71. The van der Waals surface area contributed by atoms with Crippen LogP contribution in [0.4, 0.5) is 10.5 Å². The summed E-state index contributed by atoms with van der Waals surface area (Å²) in [4.78, 5) is 20.0. The van der Waals surface area contributed by atoms with Crippen molar-refractivity contribution in [1.82, 2.24) is 15.3 Å². The molecule has 6 nitrogen and oxygen atoms in total. The molecule has 2 N–H and O–H groups in total. The van der Waals surface area contributed by atoms with E-state index in [2.05, 4.69) is 20.6 Å². The number of ether oxygens (including phenoxy) is 1. The van der Waals surface area contributed by atoms with Crippen molar-refractivity contribution in [2.24, 2.45) is 0 Å². The van der Waals surface area contributed by atoms with Gasteiger partial charge in [-0.3, -0.25) is 4.98 Å². The van der Waals surface area contributed by atoms with Gasteiger partial charge in [0.1, 0.15) is 5.69 Å². The standard InChI is InChI=1S/C14H16N4O2/c1-10(11-5-3-7-15-9-11)17-14(19)18-12-6-4-8-16-13(12)20-2/h3-10H,1-2H3,(H2,17,18,19)/t10-/m0/s1. The molecular weight excluding hydrogens is 256 g/mol. The molecule has 0 bridgehead atoms. The van der Waals surface area contributed by atoms with Crippen LogP contribution in [0.2, 0.25) is 0 Å². The molecule has 2 heterocycles. The molecular formula is C14H16N4O2. The van der Waals surface area contributed by atoms with Crippen LogP contribution in [0.1, 0.15) is 18.5 Å². The van der Waals surface area contributed by atoms with Gasteiger partial charge in [0.25, 0.3) is 0 Å². The number of urea groups is 1. The zero-order valence-electron chi connectivity index (χ0n) is 11.3. The number of methoxy groups -OCH3 is 1. The summed E-state index contributed by atoms with van der Waals surface area (Å²) in [6.45, 7) is 1.89. The predicted molar refractivity (Wildman–Crippen MR) is 75.6 cm³/mol. The highest BCUT2D eigenvalue weighted by Gasteiger charge is 2.11. The van der Waals surface area contributed by atoms with E-state index in [-0.39, 0.29) is 12.1 Å². The molecule has 2 aromatic heterocycles. The van der Waals surface area contributed by atoms with Gasteiger partial charge in [-0.05, 0) is 30.7 Å². The molecule has 0 fully saturated rings. The first-order valence-corrected chi connectivity index (χ1v) is 6.17. The van der Waals surface area contributed by atoms with Gasteiger partial charge in [-0.25, -0.2) is 9.78 Å². The maximum absolute atomic E-state index is 11.9. The van der Waals surface area contributed by atoms with Crippen LogP contribution in [0.3, 0.4) is 0 Å². The van der Waals surface area contributed by atoms with Crippen LogP contribution >= 0.6 is 0 Å². The van der Waals surface area contributed by atoms with Gasteiger partial charge in [-0.1, -0.05) is 6.07 Å². The Bertz CT molecular complexity index is 574. The molecule has 0 aliphatic heterocycles. The summed E-state index contributed by atoms with van der Waals surface area (Å²) >= 11 is 0.